The van der Waals surface area contributed by atoms with Crippen LogP contribution in [0.5, 0.6) is 5.88 Å². The van der Waals surface area contributed by atoms with E-state index in [-0.39, 0.29) is 0 Å². The molecule has 22 heavy (non-hydrogen) atoms. The van der Waals surface area contributed by atoms with Crippen LogP contribution in [0.25, 0.3) is 10.9 Å². The van der Waals surface area contributed by atoms with E-state index >= 15 is 0 Å². The number of methoxy groups -OCH3 is 1. The number of hydrogen-bond acceptors (Lipinski definition) is 5. The molecule has 2 aromatic heterocycles. The van der Waals surface area contributed by atoms with Crippen molar-refractivity contribution >= 4 is 16.7 Å². The fourth-order valence-corrected chi connectivity index (χ4v) is 2.54. The summed E-state index contributed by atoms with van der Waals surface area (Å²) in [6.45, 7) is 9.69. The summed E-state index contributed by atoms with van der Waals surface area (Å²) in [7, 11) is 1.64. The minimum absolute atomic E-state index is 0.601. The van der Waals surface area contributed by atoms with Crippen molar-refractivity contribution in [1.82, 2.24) is 15.0 Å². The van der Waals surface area contributed by atoms with Crippen molar-refractivity contribution in [1.29, 1.82) is 0 Å². The van der Waals surface area contributed by atoms with Crippen molar-refractivity contribution in [3.8, 4) is 5.88 Å². The van der Waals surface area contributed by atoms with Crippen LogP contribution < -0.4 is 9.64 Å². The van der Waals surface area contributed by atoms with Crippen LogP contribution >= 0.6 is 0 Å². The largest absolute Gasteiger partial charge is 0.480 e. The van der Waals surface area contributed by atoms with Crippen LogP contribution in [0.2, 0.25) is 0 Å². The first-order chi connectivity index (χ1) is 10.7. The highest BCUT2D eigenvalue weighted by Crippen LogP contribution is 2.32. The molecule has 0 aromatic carbocycles. The van der Waals surface area contributed by atoms with E-state index in [4.69, 9.17) is 4.74 Å². The first-order valence-corrected chi connectivity index (χ1v) is 7.79. The lowest BCUT2D eigenvalue weighted by Crippen LogP contribution is -2.28. The van der Waals surface area contributed by atoms with Gasteiger partial charge in [0.05, 0.1) is 12.6 Å². The van der Waals surface area contributed by atoms with E-state index in [1.54, 1.807) is 7.11 Å². The second kappa shape index (κ2) is 7.20. The SMILES string of the molecule is CC.COc1nc(C)cc2nc(C)nc(N3CC=CCC3)c12. The molecule has 0 radical (unpaired) electrons. The van der Waals surface area contributed by atoms with Gasteiger partial charge in [0.1, 0.15) is 17.0 Å². The molecule has 0 N–H and O–H groups in total. The molecular formula is C17H24N4O. The van der Waals surface area contributed by atoms with Gasteiger partial charge >= 0.3 is 0 Å². The molecule has 0 unspecified atom stereocenters. The molecule has 3 heterocycles. The first kappa shape index (κ1) is 16.2. The maximum absolute atomic E-state index is 5.44. The van der Waals surface area contributed by atoms with Crippen molar-refractivity contribution in [3.05, 3.63) is 29.7 Å². The van der Waals surface area contributed by atoms with Crippen LogP contribution in [0, 0.1) is 13.8 Å². The number of rotatable bonds is 2. The molecule has 0 saturated heterocycles. The predicted octanol–water partition coefficient (Wildman–Crippen LogP) is 3.44. The number of nitrogens with zero attached hydrogens (tertiary/aromatic N) is 4. The quantitative estimate of drug-likeness (QED) is 0.795. The minimum atomic E-state index is 0.601. The van der Waals surface area contributed by atoms with Gasteiger partial charge in [0.2, 0.25) is 5.88 Å². The van der Waals surface area contributed by atoms with E-state index in [0.29, 0.717) is 5.88 Å². The summed E-state index contributed by atoms with van der Waals surface area (Å²) in [6.07, 6.45) is 5.40. The number of anilines is 1. The Hall–Kier alpha value is -2.17. The van der Waals surface area contributed by atoms with E-state index in [1.165, 1.54) is 0 Å². The Bertz CT molecular complexity index is 677. The minimum Gasteiger partial charge on any atom is -0.480 e. The number of fused-ring (bicyclic) bond motifs is 1. The van der Waals surface area contributed by atoms with Crippen molar-refractivity contribution in [2.45, 2.75) is 34.1 Å². The predicted molar refractivity (Wildman–Crippen MR) is 90.7 cm³/mol. The van der Waals surface area contributed by atoms with Gasteiger partial charge in [-0.05, 0) is 26.3 Å². The average molecular weight is 300 g/mol. The fourth-order valence-electron chi connectivity index (χ4n) is 2.54. The molecule has 0 aliphatic carbocycles. The van der Waals surface area contributed by atoms with Crippen LogP contribution in [-0.2, 0) is 0 Å². The summed E-state index contributed by atoms with van der Waals surface area (Å²) in [4.78, 5) is 15.9. The first-order valence-electron chi connectivity index (χ1n) is 7.79. The smallest absolute Gasteiger partial charge is 0.226 e. The van der Waals surface area contributed by atoms with Gasteiger partial charge in [-0.15, -0.1) is 0 Å². The van der Waals surface area contributed by atoms with E-state index in [2.05, 4.69) is 32.0 Å². The van der Waals surface area contributed by atoms with Gasteiger partial charge in [-0.3, -0.25) is 0 Å². The molecule has 0 spiro atoms. The molecule has 118 valence electrons. The summed E-state index contributed by atoms with van der Waals surface area (Å²) in [6, 6.07) is 1.98. The zero-order valence-corrected chi connectivity index (χ0v) is 14.1. The molecule has 5 nitrogen and oxygen atoms in total. The highest BCUT2D eigenvalue weighted by molar-refractivity contribution is 5.94. The second-order valence-electron chi connectivity index (χ2n) is 4.97. The molecule has 5 heteroatoms. The maximum atomic E-state index is 5.44. The molecule has 2 aromatic rings. The van der Waals surface area contributed by atoms with Crippen LogP contribution in [0.15, 0.2) is 18.2 Å². The molecule has 1 aliphatic heterocycles. The molecular weight excluding hydrogens is 276 g/mol. The summed E-state index contributed by atoms with van der Waals surface area (Å²) in [5.41, 5.74) is 1.79. The lowest BCUT2D eigenvalue weighted by molar-refractivity contribution is 0.402. The summed E-state index contributed by atoms with van der Waals surface area (Å²) >= 11 is 0. The third-order valence-electron chi connectivity index (χ3n) is 3.42. The highest BCUT2D eigenvalue weighted by Gasteiger charge is 2.18. The van der Waals surface area contributed by atoms with Gasteiger partial charge in [0, 0.05) is 18.8 Å². The van der Waals surface area contributed by atoms with Gasteiger partial charge < -0.3 is 9.64 Å². The van der Waals surface area contributed by atoms with E-state index in [1.807, 2.05) is 33.8 Å². The molecule has 0 amide bonds. The van der Waals surface area contributed by atoms with Crippen molar-refractivity contribution in [2.75, 3.05) is 25.1 Å². The maximum Gasteiger partial charge on any atom is 0.226 e. The Balaban J connectivity index is 0.000000847. The number of aryl methyl sites for hydroxylation is 2. The van der Waals surface area contributed by atoms with E-state index in [9.17, 15) is 0 Å². The third kappa shape index (κ3) is 3.18. The monoisotopic (exact) mass is 300 g/mol. The summed E-state index contributed by atoms with van der Waals surface area (Å²) < 4.78 is 5.44. The zero-order valence-electron chi connectivity index (χ0n) is 14.1. The Labute approximate surface area is 132 Å². The van der Waals surface area contributed by atoms with Crippen molar-refractivity contribution in [2.24, 2.45) is 0 Å². The Kier molecular flexibility index (Phi) is 5.31. The molecule has 1 aliphatic rings. The molecule has 0 saturated carbocycles. The summed E-state index contributed by atoms with van der Waals surface area (Å²) in [5.74, 6) is 2.29. The molecule has 0 fully saturated rings. The third-order valence-corrected chi connectivity index (χ3v) is 3.42. The number of hydrogen-bond donors (Lipinski definition) is 0. The van der Waals surface area contributed by atoms with Gasteiger partial charge in [0.15, 0.2) is 0 Å². The lowest BCUT2D eigenvalue weighted by Gasteiger charge is -2.26. The molecule has 0 atom stereocenters. The van der Waals surface area contributed by atoms with Gasteiger partial charge in [-0.25, -0.2) is 15.0 Å². The Morgan fingerprint density at radius 3 is 2.50 bits per heavy atom. The van der Waals surface area contributed by atoms with Crippen LogP contribution in [-0.4, -0.2) is 35.2 Å². The molecule has 3 rings (SSSR count). The van der Waals surface area contributed by atoms with E-state index < -0.39 is 0 Å². The Morgan fingerprint density at radius 1 is 1.09 bits per heavy atom. The highest BCUT2D eigenvalue weighted by atomic mass is 16.5. The van der Waals surface area contributed by atoms with Crippen molar-refractivity contribution < 1.29 is 4.74 Å². The van der Waals surface area contributed by atoms with Crippen LogP contribution in [0.3, 0.4) is 0 Å². The van der Waals surface area contributed by atoms with E-state index in [0.717, 1.165) is 47.7 Å². The number of ether oxygens (including phenoxy) is 1. The number of pyridine rings is 1. The summed E-state index contributed by atoms with van der Waals surface area (Å²) in [5, 5.41) is 0.902. The second-order valence-corrected chi connectivity index (χ2v) is 4.97. The van der Waals surface area contributed by atoms with Gasteiger partial charge in [-0.1, -0.05) is 26.0 Å². The lowest BCUT2D eigenvalue weighted by atomic mass is 10.2. The standard InChI is InChI=1S/C15H18N4O.C2H6/c1-10-9-12-13(15(16-10)20-3)14(18-11(2)17-12)19-7-5-4-6-8-19;1-2/h4-5,9H,6-8H2,1-3H3;1-2H3. The average Bonchev–Trinajstić information content (AvgIpc) is 2.55. The normalized spacial score (nSPS) is 13.8. The van der Waals surface area contributed by atoms with Gasteiger partial charge in [-0.2, -0.15) is 0 Å². The van der Waals surface area contributed by atoms with Crippen LogP contribution in [0.1, 0.15) is 31.8 Å². The zero-order chi connectivity index (χ0) is 16.1. The topological polar surface area (TPSA) is 51.1 Å². The fraction of sp³-hybridized carbons (Fsp3) is 0.471. The number of aromatic nitrogens is 3. The van der Waals surface area contributed by atoms with Gasteiger partial charge in [0.25, 0.3) is 0 Å². The van der Waals surface area contributed by atoms with Crippen LogP contribution in [0.4, 0.5) is 5.82 Å². The molecule has 0 bridgehead atoms. The Morgan fingerprint density at radius 2 is 1.86 bits per heavy atom. The van der Waals surface area contributed by atoms with Crippen molar-refractivity contribution in [3.63, 3.8) is 0 Å².